The van der Waals surface area contributed by atoms with E-state index in [9.17, 15) is 14.4 Å². The summed E-state index contributed by atoms with van der Waals surface area (Å²) in [6.07, 6.45) is 2.19. The average Bonchev–Trinajstić information content (AvgIpc) is 2.73. The number of aliphatic carboxylic acids is 1. The van der Waals surface area contributed by atoms with Gasteiger partial charge in [0.05, 0.1) is 5.92 Å². The van der Waals surface area contributed by atoms with Crippen LogP contribution >= 0.6 is 0 Å². The van der Waals surface area contributed by atoms with Gasteiger partial charge in [-0.3, -0.25) is 19.3 Å². The quantitative estimate of drug-likeness (QED) is 0.670. The van der Waals surface area contributed by atoms with Gasteiger partial charge in [-0.25, -0.2) is 0 Å². The molecule has 0 bridgehead atoms. The normalized spacial score (nSPS) is 31.3. The van der Waals surface area contributed by atoms with Crippen LogP contribution in [0.4, 0.5) is 0 Å². The molecule has 1 aliphatic heterocycles. The van der Waals surface area contributed by atoms with Crippen molar-refractivity contribution < 1.29 is 19.5 Å². The van der Waals surface area contributed by atoms with Gasteiger partial charge in [-0.05, 0) is 19.3 Å². The fraction of sp³-hybridized carbons (Fsp3) is 0.700. The second kappa shape index (κ2) is 3.64. The van der Waals surface area contributed by atoms with E-state index in [1.807, 2.05) is 0 Å². The van der Waals surface area contributed by atoms with Crippen molar-refractivity contribution in [2.24, 2.45) is 5.92 Å². The Morgan fingerprint density at radius 1 is 1.20 bits per heavy atom. The summed E-state index contributed by atoms with van der Waals surface area (Å²) >= 11 is 0. The van der Waals surface area contributed by atoms with Crippen molar-refractivity contribution in [3.8, 4) is 0 Å². The number of hydrogen-bond donors (Lipinski definition) is 1. The predicted octanol–water partition coefficient (Wildman–Crippen LogP) is 0.389. The third-order valence-corrected chi connectivity index (χ3v) is 3.21. The molecule has 5 heteroatoms. The van der Waals surface area contributed by atoms with Gasteiger partial charge in [-0.2, -0.15) is 0 Å². The highest BCUT2D eigenvalue weighted by atomic mass is 16.4. The Labute approximate surface area is 87.1 Å². The van der Waals surface area contributed by atoms with E-state index in [-0.39, 0.29) is 30.7 Å². The number of amides is 2. The maximum absolute atomic E-state index is 11.4. The predicted molar refractivity (Wildman–Crippen MR) is 49.9 cm³/mol. The standard InChI is InChI=1S/C10H13NO4/c12-8-3-4-9(13)11(8)7-2-1-6(5-7)10(14)15/h6-7H,1-5H2,(H,14,15)/t6-,7+/m1/s1. The Balaban J connectivity index is 2.04. The Morgan fingerprint density at radius 2 is 1.80 bits per heavy atom. The maximum atomic E-state index is 11.4. The first-order valence-electron chi connectivity index (χ1n) is 5.17. The highest BCUT2D eigenvalue weighted by Crippen LogP contribution is 2.32. The van der Waals surface area contributed by atoms with Crippen molar-refractivity contribution >= 4 is 17.8 Å². The van der Waals surface area contributed by atoms with Crippen LogP contribution < -0.4 is 0 Å². The van der Waals surface area contributed by atoms with E-state index in [0.717, 1.165) is 0 Å². The molecule has 2 fully saturated rings. The van der Waals surface area contributed by atoms with Crippen LogP contribution in [-0.4, -0.2) is 33.8 Å². The molecular formula is C10H13NO4. The molecule has 1 saturated heterocycles. The second-order valence-corrected chi connectivity index (χ2v) is 4.16. The molecule has 0 radical (unpaired) electrons. The summed E-state index contributed by atoms with van der Waals surface area (Å²) < 4.78 is 0. The number of carboxylic acids is 1. The summed E-state index contributed by atoms with van der Waals surface area (Å²) in [5.74, 6) is -1.50. The zero-order valence-electron chi connectivity index (χ0n) is 8.31. The van der Waals surface area contributed by atoms with Crippen molar-refractivity contribution in [2.75, 3.05) is 0 Å². The van der Waals surface area contributed by atoms with E-state index < -0.39 is 11.9 Å². The Kier molecular flexibility index (Phi) is 2.46. The summed E-state index contributed by atoms with van der Waals surface area (Å²) in [4.78, 5) is 34.8. The lowest BCUT2D eigenvalue weighted by Crippen LogP contribution is -2.38. The topological polar surface area (TPSA) is 74.7 Å². The summed E-state index contributed by atoms with van der Waals surface area (Å²) in [6, 6.07) is -0.173. The van der Waals surface area contributed by atoms with Gasteiger partial charge in [0.1, 0.15) is 0 Å². The largest absolute Gasteiger partial charge is 0.481 e. The van der Waals surface area contributed by atoms with E-state index in [4.69, 9.17) is 5.11 Å². The fourth-order valence-electron chi connectivity index (χ4n) is 2.42. The molecule has 2 atom stereocenters. The molecule has 0 aromatic carbocycles. The van der Waals surface area contributed by atoms with Crippen molar-refractivity contribution in [3.63, 3.8) is 0 Å². The number of carbonyl (C=O) groups is 3. The molecule has 1 aliphatic carbocycles. The van der Waals surface area contributed by atoms with Gasteiger partial charge in [-0.1, -0.05) is 0 Å². The molecule has 15 heavy (non-hydrogen) atoms. The van der Waals surface area contributed by atoms with E-state index in [1.54, 1.807) is 0 Å². The molecule has 5 nitrogen and oxygen atoms in total. The summed E-state index contributed by atoms with van der Waals surface area (Å²) in [5, 5.41) is 8.82. The fourth-order valence-corrected chi connectivity index (χ4v) is 2.42. The molecule has 1 heterocycles. The first kappa shape index (κ1) is 10.1. The van der Waals surface area contributed by atoms with E-state index in [2.05, 4.69) is 0 Å². The third-order valence-electron chi connectivity index (χ3n) is 3.21. The number of imide groups is 1. The molecule has 2 amide bonds. The average molecular weight is 211 g/mol. The highest BCUT2D eigenvalue weighted by molar-refractivity contribution is 6.02. The van der Waals surface area contributed by atoms with Crippen LogP contribution in [0.15, 0.2) is 0 Å². The molecule has 82 valence electrons. The molecule has 1 N–H and O–H groups in total. The van der Waals surface area contributed by atoms with Gasteiger partial charge in [0.15, 0.2) is 0 Å². The Morgan fingerprint density at radius 3 is 2.27 bits per heavy atom. The minimum absolute atomic E-state index is 0.143. The summed E-state index contributed by atoms with van der Waals surface area (Å²) in [5.41, 5.74) is 0. The monoisotopic (exact) mass is 211 g/mol. The molecule has 0 spiro atoms. The van der Waals surface area contributed by atoms with Crippen molar-refractivity contribution in [1.82, 2.24) is 4.90 Å². The van der Waals surface area contributed by atoms with E-state index in [0.29, 0.717) is 19.3 Å². The van der Waals surface area contributed by atoms with Crippen molar-refractivity contribution in [3.05, 3.63) is 0 Å². The number of hydrogen-bond acceptors (Lipinski definition) is 3. The van der Waals surface area contributed by atoms with Gasteiger partial charge < -0.3 is 5.11 Å². The molecule has 2 rings (SSSR count). The van der Waals surface area contributed by atoms with E-state index in [1.165, 1.54) is 4.90 Å². The number of carboxylic acid groups (broad SMARTS) is 1. The lowest BCUT2D eigenvalue weighted by molar-refractivity contribution is -0.144. The summed E-state index contributed by atoms with van der Waals surface area (Å²) in [6.45, 7) is 0. The second-order valence-electron chi connectivity index (χ2n) is 4.16. The lowest BCUT2D eigenvalue weighted by atomic mass is 10.1. The first-order valence-corrected chi connectivity index (χ1v) is 5.17. The van der Waals surface area contributed by atoms with Crippen LogP contribution in [-0.2, 0) is 14.4 Å². The minimum atomic E-state index is -0.823. The van der Waals surface area contributed by atoms with Crippen molar-refractivity contribution in [1.29, 1.82) is 0 Å². The van der Waals surface area contributed by atoms with Crippen LogP contribution in [0.1, 0.15) is 32.1 Å². The lowest BCUT2D eigenvalue weighted by Gasteiger charge is -2.21. The van der Waals surface area contributed by atoms with Crippen LogP contribution in [0, 0.1) is 5.92 Å². The molecule has 0 unspecified atom stereocenters. The zero-order valence-corrected chi connectivity index (χ0v) is 8.31. The number of likely N-dealkylation sites (tertiary alicyclic amines) is 1. The number of nitrogens with zero attached hydrogens (tertiary/aromatic N) is 1. The van der Waals surface area contributed by atoms with Crippen LogP contribution in [0.5, 0.6) is 0 Å². The maximum Gasteiger partial charge on any atom is 0.306 e. The van der Waals surface area contributed by atoms with Crippen molar-refractivity contribution in [2.45, 2.75) is 38.1 Å². The van der Waals surface area contributed by atoms with Gasteiger partial charge >= 0.3 is 5.97 Å². The van der Waals surface area contributed by atoms with Gasteiger partial charge in [0.2, 0.25) is 11.8 Å². The zero-order chi connectivity index (χ0) is 11.0. The van der Waals surface area contributed by atoms with E-state index >= 15 is 0 Å². The molecular weight excluding hydrogens is 198 g/mol. The number of carbonyl (C=O) groups excluding carboxylic acids is 2. The molecule has 0 aromatic heterocycles. The van der Waals surface area contributed by atoms with Gasteiger partial charge in [0, 0.05) is 18.9 Å². The SMILES string of the molecule is O=C(O)[C@@H]1CC[C@H](N2C(=O)CCC2=O)C1. The van der Waals surface area contributed by atoms with Crippen LogP contribution in [0.25, 0.3) is 0 Å². The highest BCUT2D eigenvalue weighted by Gasteiger charge is 2.40. The van der Waals surface area contributed by atoms with Gasteiger partial charge in [-0.15, -0.1) is 0 Å². The van der Waals surface area contributed by atoms with Crippen LogP contribution in [0.2, 0.25) is 0 Å². The Bertz CT molecular complexity index is 309. The number of rotatable bonds is 2. The molecule has 2 aliphatic rings. The minimum Gasteiger partial charge on any atom is -0.481 e. The first-order chi connectivity index (χ1) is 7.09. The smallest absolute Gasteiger partial charge is 0.306 e. The molecule has 0 aromatic rings. The molecule has 1 saturated carbocycles. The third kappa shape index (κ3) is 1.73. The Hall–Kier alpha value is -1.39. The van der Waals surface area contributed by atoms with Gasteiger partial charge in [0.25, 0.3) is 0 Å². The summed E-state index contributed by atoms with van der Waals surface area (Å²) in [7, 11) is 0. The van der Waals surface area contributed by atoms with Crippen LogP contribution in [0.3, 0.4) is 0 Å².